The summed E-state index contributed by atoms with van der Waals surface area (Å²) in [5.41, 5.74) is 1.60. The molecule has 0 aliphatic rings. The molecule has 0 spiro atoms. The number of aliphatic hydroxyl groups excluding tert-OH is 1. The third-order valence-corrected chi connectivity index (χ3v) is 3.70. The van der Waals surface area contributed by atoms with Crippen LogP contribution in [0.25, 0.3) is 5.69 Å². The van der Waals surface area contributed by atoms with Crippen molar-refractivity contribution < 1.29 is 14.2 Å². The first-order valence-electron chi connectivity index (χ1n) is 7.87. The summed E-state index contributed by atoms with van der Waals surface area (Å²) in [6.45, 7) is 1.63. The molecule has 0 aliphatic carbocycles. The highest BCUT2D eigenvalue weighted by Gasteiger charge is 2.18. The molecule has 0 radical (unpaired) electrons. The number of rotatable bonds is 6. The summed E-state index contributed by atoms with van der Waals surface area (Å²) in [4.78, 5) is 8.53. The standard InChI is InChI=1S/C17H19FN6O2/c1-10-6-14(19-2)23-17(21-10)22-12-4-5-13(26-3)16(15(12)18)24-8-11(9-25)7-20-24/h4-8,25H,9H2,1-3H3,(H2,19,21,22,23). The molecule has 2 heterocycles. The maximum atomic E-state index is 15.2. The summed E-state index contributed by atoms with van der Waals surface area (Å²) < 4.78 is 21.7. The average Bonchev–Trinajstić information content (AvgIpc) is 3.11. The minimum absolute atomic E-state index is 0.124. The van der Waals surface area contributed by atoms with E-state index in [0.29, 0.717) is 17.1 Å². The fourth-order valence-corrected chi connectivity index (χ4v) is 2.46. The van der Waals surface area contributed by atoms with Crippen LogP contribution in [-0.2, 0) is 6.61 Å². The van der Waals surface area contributed by atoms with Crippen LogP contribution < -0.4 is 15.4 Å². The SMILES string of the molecule is CNc1cc(C)nc(Nc2ccc(OC)c(-n3cc(CO)cn3)c2F)n1. The number of anilines is 3. The summed E-state index contributed by atoms with van der Waals surface area (Å²) in [6.07, 6.45) is 2.99. The predicted molar refractivity (Wildman–Crippen MR) is 95.6 cm³/mol. The normalized spacial score (nSPS) is 10.7. The molecule has 2 aromatic heterocycles. The molecular formula is C17H19FN6O2. The van der Waals surface area contributed by atoms with Gasteiger partial charge in [0, 0.05) is 30.6 Å². The third kappa shape index (κ3) is 3.42. The lowest BCUT2D eigenvalue weighted by Gasteiger charge is -2.14. The molecule has 3 N–H and O–H groups in total. The van der Waals surface area contributed by atoms with Crippen molar-refractivity contribution in [2.75, 3.05) is 24.8 Å². The second-order valence-electron chi connectivity index (χ2n) is 5.52. The van der Waals surface area contributed by atoms with Gasteiger partial charge in [-0.1, -0.05) is 0 Å². The molecule has 0 unspecified atom stereocenters. The van der Waals surface area contributed by atoms with E-state index in [4.69, 9.17) is 4.74 Å². The minimum Gasteiger partial charge on any atom is -0.494 e. The van der Waals surface area contributed by atoms with Gasteiger partial charge in [0.2, 0.25) is 5.95 Å². The van der Waals surface area contributed by atoms with E-state index in [1.54, 1.807) is 25.2 Å². The van der Waals surface area contributed by atoms with E-state index in [-0.39, 0.29) is 23.9 Å². The van der Waals surface area contributed by atoms with Gasteiger partial charge in [0.25, 0.3) is 0 Å². The van der Waals surface area contributed by atoms with E-state index in [1.165, 1.54) is 24.2 Å². The summed E-state index contributed by atoms with van der Waals surface area (Å²) in [5.74, 6) is 0.615. The fraction of sp³-hybridized carbons (Fsp3) is 0.235. The Labute approximate surface area is 149 Å². The maximum absolute atomic E-state index is 15.2. The van der Waals surface area contributed by atoms with Crippen LogP contribution in [-0.4, -0.2) is 39.0 Å². The van der Waals surface area contributed by atoms with Gasteiger partial charge in [-0.3, -0.25) is 0 Å². The van der Waals surface area contributed by atoms with Gasteiger partial charge in [0.05, 0.1) is 25.6 Å². The Hall–Kier alpha value is -3.20. The monoisotopic (exact) mass is 358 g/mol. The summed E-state index contributed by atoms with van der Waals surface area (Å²) in [6, 6.07) is 4.94. The van der Waals surface area contributed by atoms with Crippen LogP contribution in [0.3, 0.4) is 0 Å². The number of methoxy groups -OCH3 is 1. The lowest BCUT2D eigenvalue weighted by atomic mass is 10.2. The van der Waals surface area contributed by atoms with Crippen molar-refractivity contribution in [3.63, 3.8) is 0 Å². The maximum Gasteiger partial charge on any atom is 0.229 e. The summed E-state index contributed by atoms with van der Waals surface area (Å²) >= 11 is 0. The molecule has 0 aliphatic heterocycles. The smallest absolute Gasteiger partial charge is 0.229 e. The molecule has 136 valence electrons. The highest BCUT2D eigenvalue weighted by Crippen LogP contribution is 2.32. The second kappa shape index (κ2) is 7.36. The van der Waals surface area contributed by atoms with Crippen molar-refractivity contribution >= 4 is 17.5 Å². The van der Waals surface area contributed by atoms with Gasteiger partial charge in [-0.25, -0.2) is 14.1 Å². The van der Waals surface area contributed by atoms with E-state index >= 15 is 4.39 Å². The molecule has 0 amide bonds. The zero-order valence-electron chi connectivity index (χ0n) is 14.6. The summed E-state index contributed by atoms with van der Waals surface area (Å²) in [7, 11) is 3.19. The number of hydrogen-bond donors (Lipinski definition) is 3. The molecule has 0 saturated heterocycles. The molecule has 0 bridgehead atoms. The quantitative estimate of drug-likeness (QED) is 0.622. The lowest BCUT2D eigenvalue weighted by Crippen LogP contribution is -2.07. The molecule has 0 saturated carbocycles. The number of nitrogens with one attached hydrogen (secondary N) is 2. The molecule has 0 atom stereocenters. The molecule has 8 nitrogen and oxygen atoms in total. The Balaban J connectivity index is 2.04. The van der Waals surface area contributed by atoms with Crippen LogP contribution in [0.1, 0.15) is 11.3 Å². The Morgan fingerprint density at radius 1 is 1.31 bits per heavy atom. The number of benzene rings is 1. The van der Waals surface area contributed by atoms with Gasteiger partial charge < -0.3 is 20.5 Å². The third-order valence-electron chi connectivity index (χ3n) is 3.70. The topological polar surface area (TPSA) is 97.1 Å². The van der Waals surface area contributed by atoms with Gasteiger partial charge in [0.15, 0.2) is 5.82 Å². The number of aryl methyl sites for hydroxylation is 1. The summed E-state index contributed by atoms with van der Waals surface area (Å²) in [5, 5.41) is 19.1. The van der Waals surface area contributed by atoms with Gasteiger partial charge in [0.1, 0.15) is 17.3 Å². The number of ether oxygens (including phenoxy) is 1. The van der Waals surface area contributed by atoms with Gasteiger partial charge in [-0.15, -0.1) is 0 Å². The fourth-order valence-electron chi connectivity index (χ4n) is 2.46. The minimum atomic E-state index is -0.576. The van der Waals surface area contributed by atoms with Crippen LogP contribution in [0, 0.1) is 12.7 Å². The number of nitrogens with zero attached hydrogens (tertiary/aromatic N) is 4. The highest BCUT2D eigenvalue weighted by molar-refractivity contribution is 5.64. The van der Waals surface area contributed by atoms with Crippen molar-refractivity contribution in [2.45, 2.75) is 13.5 Å². The van der Waals surface area contributed by atoms with Gasteiger partial charge in [-0.05, 0) is 19.1 Å². The number of aliphatic hydroxyl groups is 1. The van der Waals surface area contributed by atoms with E-state index < -0.39 is 5.82 Å². The zero-order valence-corrected chi connectivity index (χ0v) is 14.6. The van der Waals surface area contributed by atoms with Gasteiger partial charge in [-0.2, -0.15) is 10.1 Å². The highest BCUT2D eigenvalue weighted by atomic mass is 19.1. The molecular weight excluding hydrogens is 339 g/mol. The first-order chi connectivity index (χ1) is 12.5. The van der Waals surface area contributed by atoms with E-state index in [2.05, 4.69) is 25.7 Å². The molecule has 3 aromatic rings. The van der Waals surface area contributed by atoms with Crippen LogP contribution in [0.4, 0.5) is 21.8 Å². The van der Waals surface area contributed by atoms with Gasteiger partial charge >= 0.3 is 0 Å². The second-order valence-corrected chi connectivity index (χ2v) is 5.52. The van der Waals surface area contributed by atoms with Crippen molar-refractivity contribution in [1.82, 2.24) is 19.7 Å². The number of aromatic nitrogens is 4. The van der Waals surface area contributed by atoms with E-state index in [0.717, 1.165) is 5.69 Å². The first-order valence-corrected chi connectivity index (χ1v) is 7.87. The van der Waals surface area contributed by atoms with E-state index in [1.807, 2.05) is 6.92 Å². The molecule has 9 heteroatoms. The van der Waals surface area contributed by atoms with E-state index in [9.17, 15) is 5.11 Å². The van der Waals surface area contributed by atoms with Crippen molar-refractivity contribution in [2.24, 2.45) is 0 Å². The molecule has 1 aromatic carbocycles. The molecule has 26 heavy (non-hydrogen) atoms. The lowest BCUT2D eigenvalue weighted by molar-refractivity contribution is 0.282. The van der Waals surface area contributed by atoms with Crippen LogP contribution in [0.5, 0.6) is 5.75 Å². The van der Waals surface area contributed by atoms with Crippen molar-refractivity contribution in [3.8, 4) is 11.4 Å². The zero-order chi connectivity index (χ0) is 18.7. The van der Waals surface area contributed by atoms with Crippen molar-refractivity contribution in [1.29, 1.82) is 0 Å². The largest absolute Gasteiger partial charge is 0.494 e. The van der Waals surface area contributed by atoms with Crippen LogP contribution in [0.2, 0.25) is 0 Å². The van der Waals surface area contributed by atoms with Crippen LogP contribution >= 0.6 is 0 Å². The Kier molecular flexibility index (Phi) is 4.99. The Bertz CT molecular complexity index is 928. The first kappa shape index (κ1) is 17.6. The van der Waals surface area contributed by atoms with Crippen molar-refractivity contribution in [3.05, 3.63) is 47.7 Å². The Morgan fingerprint density at radius 3 is 2.77 bits per heavy atom. The molecule has 3 rings (SSSR count). The number of hydrogen-bond acceptors (Lipinski definition) is 7. The predicted octanol–water partition coefficient (Wildman–Crippen LogP) is 2.40. The Morgan fingerprint density at radius 2 is 2.12 bits per heavy atom. The number of halogens is 1. The average molecular weight is 358 g/mol. The van der Waals surface area contributed by atoms with Crippen LogP contribution in [0.15, 0.2) is 30.6 Å². The molecule has 0 fully saturated rings.